The van der Waals surface area contributed by atoms with Crippen LogP contribution in [0.25, 0.3) is 22.3 Å². The zero-order chi connectivity index (χ0) is 26.5. The van der Waals surface area contributed by atoms with Gasteiger partial charge in [-0.2, -0.15) is 0 Å². The van der Waals surface area contributed by atoms with E-state index in [4.69, 9.17) is 9.47 Å². The van der Waals surface area contributed by atoms with Gasteiger partial charge in [-0.1, -0.05) is 61.2 Å². The second-order valence-electron chi connectivity index (χ2n) is 8.25. The standard InChI is InChI=1S/C30H23F3O4/c1-3-16-36-27-15-10-22(17-26(27)31)30(35)37-23-11-8-21(9-12-23)25-14-13-24(28(32)29(25)33)20-6-4-19(5-7-20)18(2)34/h3-15,17-18,34H,1,16H2,2H3. The van der Waals surface area contributed by atoms with Crippen molar-refractivity contribution in [1.29, 1.82) is 0 Å². The van der Waals surface area contributed by atoms with Crippen LogP contribution in [0.4, 0.5) is 13.2 Å². The van der Waals surface area contributed by atoms with Crippen LogP contribution in [-0.2, 0) is 0 Å². The van der Waals surface area contributed by atoms with E-state index in [0.717, 1.165) is 6.07 Å². The average molecular weight is 505 g/mol. The molecule has 4 aromatic rings. The Bertz CT molecular complexity index is 1430. The molecule has 0 spiro atoms. The van der Waals surface area contributed by atoms with E-state index in [1.54, 1.807) is 31.2 Å². The van der Waals surface area contributed by atoms with E-state index in [9.17, 15) is 23.1 Å². The summed E-state index contributed by atoms with van der Waals surface area (Å²) < 4.78 is 54.4. The molecule has 0 fully saturated rings. The molecule has 0 saturated heterocycles. The van der Waals surface area contributed by atoms with Crippen LogP contribution in [0.5, 0.6) is 11.5 Å². The minimum atomic E-state index is -1.02. The zero-order valence-corrected chi connectivity index (χ0v) is 19.9. The quantitative estimate of drug-likeness (QED) is 0.156. The van der Waals surface area contributed by atoms with Crippen molar-refractivity contribution in [2.75, 3.05) is 6.61 Å². The first-order chi connectivity index (χ1) is 17.8. The van der Waals surface area contributed by atoms with Gasteiger partial charge in [0.2, 0.25) is 0 Å². The van der Waals surface area contributed by atoms with Gasteiger partial charge in [-0.05, 0) is 53.9 Å². The van der Waals surface area contributed by atoms with E-state index >= 15 is 0 Å². The van der Waals surface area contributed by atoms with E-state index in [1.165, 1.54) is 54.6 Å². The highest BCUT2D eigenvalue weighted by Gasteiger charge is 2.17. The van der Waals surface area contributed by atoms with Gasteiger partial charge in [0.15, 0.2) is 23.2 Å². The number of aliphatic hydroxyl groups is 1. The molecular formula is C30H23F3O4. The summed E-state index contributed by atoms with van der Waals surface area (Å²) in [7, 11) is 0. The molecule has 37 heavy (non-hydrogen) atoms. The number of rotatable bonds is 8. The molecule has 0 radical (unpaired) electrons. The van der Waals surface area contributed by atoms with E-state index in [2.05, 4.69) is 6.58 Å². The molecule has 0 bridgehead atoms. The first-order valence-electron chi connectivity index (χ1n) is 11.4. The normalized spacial score (nSPS) is 11.6. The number of aliphatic hydroxyl groups excluding tert-OH is 1. The van der Waals surface area contributed by atoms with Gasteiger partial charge >= 0.3 is 5.97 Å². The zero-order valence-electron chi connectivity index (χ0n) is 19.9. The Labute approximate surface area is 212 Å². The molecule has 4 aromatic carbocycles. The molecule has 0 amide bonds. The molecule has 4 rings (SSSR count). The molecule has 1 N–H and O–H groups in total. The number of benzene rings is 4. The van der Waals surface area contributed by atoms with Crippen LogP contribution in [0.3, 0.4) is 0 Å². The van der Waals surface area contributed by atoms with Crippen molar-refractivity contribution < 1.29 is 32.5 Å². The van der Waals surface area contributed by atoms with Crippen molar-refractivity contribution in [2.24, 2.45) is 0 Å². The SMILES string of the molecule is C=CCOc1ccc(C(=O)Oc2ccc(-c3ccc(-c4ccc(C(C)O)cc4)c(F)c3F)cc2)cc1F. The smallest absolute Gasteiger partial charge is 0.343 e. The monoisotopic (exact) mass is 504 g/mol. The Morgan fingerprint density at radius 2 is 1.46 bits per heavy atom. The number of carbonyl (C=O) groups excluding carboxylic acids is 1. The van der Waals surface area contributed by atoms with Crippen molar-refractivity contribution in [1.82, 2.24) is 0 Å². The van der Waals surface area contributed by atoms with Crippen LogP contribution in [0.2, 0.25) is 0 Å². The van der Waals surface area contributed by atoms with Gasteiger partial charge < -0.3 is 14.6 Å². The van der Waals surface area contributed by atoms with Crippen LogP contribution in [0.1, 0.15) is 28.9 Å². The maximum atomic E-state index is 15.0. The number of hydrogen-bond donors (Lipinski definition) is 1. The third-order valence-electron chi connectivity index (χ3n) is 5.69. The van der Waals surface area contributed by atoms with Crippen molar-refractivity contribution in [3.63, 3.8) is 0 Å². The van der Waals surface area contributed by atoms with Crippen molar-refractivity contribution in [2.45, 2.75) is 13.0 Å². The van der Waals surface area contributed by atoms with Gasteiger partial charge in [0.1, 0.15) is 12.4 Å². The predicted octanol–water partition coefficient (Wildman–Crippen LogP) is 7.28. The van der Waals surface area contributed by atoms with E-state index in [1.807, 2.05) is 0 Å². The lowest BCUT2D eigenvalue weighted by Gasteiger charge is -2.11. The lowest BCUT2D eigenvalue weighted by atomic mass is 9.97. The fraction of sp³-hybridized carbons (Fsp3) is 0.100. The maximum Gasteiger partial charge on any atom is 0.343 e. The Kier molecular flexibility index (Phi) is 7.74. The summed E-state index contributed by atoms with van der Waals surface area (Å²) in [6, 6.07) is 19.1. The molecule has 1 atom stereocenters. The average Bonchev–Trinajstić information content (AvgIpc) is 2.90. The number of hydrogen-bond acceptors (Lipinski definition) is 4. The summed E-state index contributed by atoms with van der Waals surface area (Å²) in [5.74, 6) is -3.39. The van der Waals surface area contributed by atoms with Crippen molar-refractivity contribution in [3.05, 3.63) is 120 Å². The third-order valence-corrected chi connectivity index (χ3v) is 5.69. The number of carbonyl (C=O) groups is 1. The first-order valence-corrected chi connectivity index (χ1v) is 11.4. The summed E-state index contributed by atoms with van der Waals surface area (Å²) >= 11 is 0. The summed E-state index contributed by atoms with van der Waals surface area (Å²) in [6.07, 6.45) is 0.807. The van der Waals surface area contributed by atoms with Gasteiger partial charge in [0, 0.05) is 11.1 Å². The topological polar surface area (TPSA) is 55.8 Å². The molecule has 0 aromatic heterocycles. The van der Waals surface area contributed by atoms with Crippen LogP contribution >= 0.6 is 0 Å². The maximum absolute atomic E-state index is 15.0. The van der Waals surface area contributed by atoms with Gasteiger partial charge in [-0.25, -0.2) is 18.0 Å². The van der Waals surface area contributed by atoms with E-state index in [0.29, 0.717) is 16.7 Å². The highest BCUT2D eigenvalue weighted by atomic mass is 19.2. The summed E-state index contributed by atoms with van der Waals surface area (Å²) in [6.45, 7) is 5.23. The Balaban J connectivity index is 1.50. The van der Waals surface area contributed by atoms with Crippen molar-refractivity contribution >= 4 is 5.97 Å². The molecule has 0 saturated carbocycles. The molecule has 188 valence electrons. The fourth-order valence-corrected chi connectivity index (χ4v) is 3.70. The summed E-state index contributed by atoms with van der Waals surface area (Å²) in [5.41, 5.74) is 1.64. The highest BCUT2D eigenvalue weighted by Crippen LogP contribution is 2.33. The molecular weight excluding hydrogens is 481 g/mol. The minimum Gasteiger partial charge on any atom is -0.486 e. The molecule has 1 unspecified atom stereocenters. The second-order valence-corrected chi connectivity index (χ2v) is 8.25. The fourth-order valence-electron chi connectivity index (χ4n) is 3.70. The van der Waals surface area contributed by atoms with Gasteiger partial charge in [-0.15, -0.1) is 0 Å². The van der Waals surface area contributed by atoms with Gasteiger partial charge in [-0.3, -0.25) is 0 Å². The number of halogens is 3. The van der Waals surface area contributed by atoms with Crippen LogP contribution < -0.4 is 9.47 Å². The third kappa shape index (κ3) is 5.73. The highest BCUT2D eigenvalue weighted by molar-refractivity contribution is 5.91. The van der Waals surface area contributed by atoms with E-state index < -0.39 is 29.5 Å². The van der Waals surface area contributed by atoms with E-state index in [-0.39, 0.29) is 34.8 Å². The summed E-state index contributed by atoms with van der Waals surface area (Å²) in [4.78, 5) is 12.4. The molecule has 7 heteroatoms. The molecule has 4 nitrogen and oxygen atoms in total. The number of ether oxygens (including phenoxy) is 2. The second kappa shape index (κ2) is 11.1. The number of esters is 1. The largest absolute Gasteiger partial charge is 0.486 e. The Hall–Kier alpha value is -4.36. The van der Waals surface area contributed by atoms with Crippen LogP contribution in [0.15, 0.2) is 91.5 Å². The lowest BCUT2D eigenvalue weighted by molar-refractivity contribution is 0.0734. The Morgan fingerprint density at radius 3 is 1.97 bits per heavy atom. The molecule has 0 heterocycles. The predicted molar refractivity (Wildman–Crippen MR) is 135 cm³/mol. The molecule has 0 aliphatic rings. The first kappa shape index (κ1) is 25.7. The molecule has 0 aliphatic carbocycles. The lowest BCUT2D eigenvalue weighted by Crippen LogP contribution is -2.09. The van der Waals surface area contributed by atoms with Gasteiger partial charge in [0.05, 0.1) is 11.7 Å². The Morgan fingerprint density at radius 1 is 0.892 bits per heavy atom. The van der Waals surface area contributed by atoms with Crippen LogP contribution in [-0.4, -0.2) is 17.7 Å². The molecule has 0 aliphatic heterocycles. The minimum absolute atomic E-state index is 0.0159. The van der Waals surface area contributed by atoms with Crippen LogP contribution in [0, 0.1) is 17.5 Å². The summed E-state index contributed by atoms with van der Waals surface area (Å²) in [5, 5.41) is 9.63. The van der Waals surface area contributed by atoms with Crippen molar-refractivity contribution in [3.8, 4) is 33.8 Å². The van der Waals surface area contributed by atoms with Gasteiger partial charge in [0.25, 0.3) is 0 Å².